The van der Waals surface area contributed by atoms with Crippen molar-refractivity contribution in [2.75, 3.05) is 0 Å². The first-order chi connectivity index (χ1) is 11.7. The van der Waals surface area contributed by atoms with E-state index in [9.17, 15) is 0 Å². The molecule has 0 saturated heterocycles. The Morgan fingerprint density at radius 1 is 0.958 bits per heavy atom. The third-order valence-corrected chi connectivity index (χ3v) is 4.54. The van der Waals surface area contributed by atoms with E-state index in [1.54, 1.807) is 0 Å². The van der Waals surface area contributed by atoms with Gasteiger partial charge in [-0.2, -0.15) is 5.10 Å². The number of hydrogen-bond donors (Lipinski definition) is 1. The summed E-state index contributed by atoms with van der Waals surface area (Å²) in [5.74, 6) is 0. The minimum Gasteiger partial charge on any atom is -0.304 e. The molecule has 1 N–H and O–H groups in total. The Kier molecular flexibility index (Phi) is 5.11. The van der Waals surface area contributed by atoms with Crippen LogP contribution in [0.25, 0.3) is 5.69 Å². The summed E-state index contributed by atoms with van der Waals surface area (Å²) in [5.41, 5.74) is 5.06. The first-order valence-corrected chi connectivity index (χ1v) is 8.63. The molecule has 0 saturated carbocycles. The fraction of sp³-hybridized carbons (Fsp3) is 0.286. The third-order valence-electron chi connectivity index (χ3n) is 4.54. The van der Waals surface area contributed by atoms with Crippen LogP contribution in [0.1, 0.15) is 49.5 Å². The van der Waals surface area contributed by atoms with Gasteiger partial charge in [0.05, 0.1) is 5.69 Å². The summed E-state index contributed by atoms with van der Waals surface area (Å²) in [5, 5.41) is 8.09. The topological polar surface area (TPSA) is 29.9 Å². The summed E-state index contributed by atoms with van der Waals surface area (Å²) in [6, 6.07) is 19.8. The molecule has 0 radical (unpaired) electrons. The van der Waals surface area contributed by atoms with E-state index in [-0.39, 0.29) is 12.1 Å². The van der Waals surface area contributed by atoms with Crippen molar-refractivity contribution in [3.63, 3.8) is 0 Å². The van der Waals surface area contributed by atoms with E-state index in [0.717, 1.165) is 12.1 Å². The van der Waals surface area contributed by atoms with E-state index in [1.165, 1.54) is 16.7 Å². The molecule has 0 amide bonds. The number of hydrogen-bond acceptors (Lipinski definition) is 2. The quantitative estimate of drug-likeness (QED) is 0.704. The van der Waals surface area contributed by atoms with Crippen molar-refractivity contribution in [3.8, 4) is 5.69 Å². The SMILES string of the molecule is CCc1ccc([C@H](C)N[C@@H](C)c2ccccc2-n2cccn2)cc1. The summed E-state index contributed by atoms with van der Waals surface area (Å²) in [7, 11) is 0. The van der Waals surface area contributed by atoms with Crippen LogP contribution in [0.4, 0.5) is 0 Å². The Morgan fingerprint density at radius 3 is 2.38 bits per heavy atom. The van der Waals surface area contributed by atoms with Crippen LogP contribution in [-0.2, 0) is 6.42 Å². The molecule has 1 heterocycles. The molecule has 3 rings (SSSR count). The maximum Gasteiger partial charge on any atom is 0.0693 e. The zero-order valence-corrected chi connectivity index (χ0v) is 14.6. The maximum atomic E-state index is 4.37. The second-order valence-corrected chi connectivity index (χ2v) is 6.21. The fourth-order valence-electron chi connectivity index (χ4n) is 3.08. The van der Waals surface area contributed by atoms with Crippen LogP contribution in [0.2, 0.25) is 0 Å². The zero-order valence-electron chi connectivity index (χ0n) is 14.6. The molecular weight excluding hydrogens is 294 g/mol. The number of nitrogens with zero attached hydrogens (tertiary/aromatic N) is 2. The Bertz CT molecular complexity index is 760. The molecule has 0 bridgehead atoms. The van der Waals surface area contributed by atoms with Gasteiger partial charge in [-0.15, -0.1) is 0 Å². The molecule has 0 spiro atoms. The largest absolute Gasteiger partial charge is 0.304 e. The lowest BCUT2D eigenvalue weighted by molar-refractivity contribution is 0.493. The first kappa shape index (κ1) is 16.5. The number of para-hydroxylation sites is 1. The van der Waals surface area contributed by atoms with Gasteiger partial charge in [-0.25, -0.2) is 4.68 Å². The Morgan fingerprint density at radius 2 is 1.71 bits per heavy atom. The lowest BCUT2D eigenvalue weighted by Crippen LogP contribution is -2.23. The van der Waals surface area contributed by atoms with Crippen LogP contribution >= 0.6 is 0 Å². The van der Waals surface area contributed by atoms with Crippen LogP contribution in [0.3, 0.4) is 0 Å². The van der Waals surface area contributed by atoms with Gasteiger partial charge in [-0.1, -0.05) is 49.4 Å². The average Bonchev–Trinajstić information content (AvgIpc) is 3.16. The first-order valence-electron chi connectivity index (χ1n) is 8.63. The van der Waals surface area contributed by atoms with Crippen molar-refractivity contribution in [1.82, 2.24) is 15.1 Å². The minimum atomic E-state index is 0.228. The molecule has 3 heteroatoms. The second-order valence-electron chi connectivity index (χ2n) is 6.21. The number of aromatic nitrogens is 2. The predicted molar refractivity (Wildman–Crippen MR) is 99.3 cm³/mol. The number of nitrogens with one attached hydrogen (secondary N) is 1. The Balaban J connectivity index is 1.78. The van der Waals surface area contributed by atoms with Crippen LogP contribution in [0.5, 0.6) is 0 Å². The van der Waals surface area contributed by atoms with Gasteiger partial charge in [0.1, 0.15) is 0 Å². The highest BCUT2D eigenvalue weighted by atomic mass is 15.3. The van der Waals surface area contributed by atoms with Crippen molar-refractivity contribution in [2.24, 2.45) is 0 Å². The van der Waals surface area contributed by atoms with E-state index in [2.05, 4.69) is 79.7 Å². The van der Waals surface area contributed by atoms with Crippen molar-refractivity contribution in [3.05, 3.63) is 83.7 Å². The van der Waals surface area contributed by atoms with Gasteiger partial charge in [0, 0.05) is 24.5 Å². The average molecular weight is 319 g/mol. The van der Waals surface area contributed by atoms with E-state index in [1.807, 2.05) is 23.1 Å². The van der Waals surface area contributed by atoms with Gasteiger partial charge in [0.2, 0.25) is 0 Å². The molecule has 0 aliphatic rings. The normalized spacial score (nSPS) is 13.6. The van der Waals surface area contributed by atoms with Crippen LogP contribution < -0.4 is 5.32 Å². The predicted octanol–water partition coefficient (Wildman–Crippen LogP) is 4.85. The van der Waals surface area contributed by atoms with E-state index in [0.29, 0.717) is 0 Å². The van der Waals surface area contributed by atoms with E-state index >= 15 is 0 Å². The highest BCUT2D eigenvalue weighted by molar-refractivity contribution is 5.42. The molecule has 3 aromatic rings. The monoisotopic (exact) mass is 319 g/mol. The zero-order chi connectivity index (χ0) is 16.9. The molecular formula is C21H25N3. The highest BCUT2D eigenvalue weighted by Gasteiger charge is 2.15. The molecule has 0 unspecified atom stereocenters. The standard InChI is InChI=1S/C21H25N3/c1-4-18-10-12-19(13-11-18)16(2)23-17(3)20-8-5-6-9-21(20)24-15-7-14-22-24/h5-17,23H,4H2,1-3H3/t16-,17-/m0/s1. The maximum absolute atomic E-state index is 4.37. The van der Waals surface area contributed by atoms with Gasteiger partial charge in [-0.3, -0.25) is 0 Å². The fourth-order valence-corrected chi connectivity index (χ4v) is 3.08. The molecule has 3 nitrogen and oxygen atoms in total. The number of aryl methyl sites for hydroxylation is 1. The molecule has 2 atom stereocenters. The summed E-state index contributed by atoms with van der Waals surface area (Å²) in [4.78, 5) is 0. The summed E-state index contributed by atoms with van der Waals surface area (Å²) < 4.78 is 1.92. The van der Waals surface area contributed by atoms with Gasteiger partial charge < -0.3 is 5.32 Å². The molecule has 0 aliphatic heterocycles. The van der Waals surface area contributed by atoms with Crippen molar-refractivity contribution in [2.45, 2.75) is 39.3 Å². The Hall–Kier alpha value is -2.39. The smallest absolute Gasteiger partial charge is 0.0693 e. The number of benzene rings is 2. The molecule has 0 aliphatic carbocycles. The van der Waals surface area contributed by atoms with Crippen LogP contribution in [0, 0.1) is 0 Å². The minimum absolute atomic E-state index is 0.228. The van der Waals surface area contributed by atoms with Gasteiger partial charge in [-0.05, 0) is 49.1 Å². The lowest BCUT2D eigenvalue weighted by Gasteiger charge is -2.23. The van der Waals surface area contributed by atoms with Gasteiger partial charge >= 0.3 is 0 Å². The van der Waals surface area contributed by atoms with Gasteiger partial charge in [0.15, 0.2) is 0 Å². The van der Waals surface area contributed by atoms with Gasteiger partial charge in [0.25, 0.3) is 0 Å². The molecule has 24 heavy (non-hydrogen) atoms. The van der Waals surface area contributed by atoms with Crippen LogP contribution in [-0.4, -0.2) is 9.78 Å². The van der Waals surface area contributed by atoms with E-state index < -0.39 is 0 Å². The molecule has 0 fully saturated rings. The molecule has 2 aromatic carbocycles. The summed E-state index contributed by atoms with van der Waals surface area (Å²) in [6.45, 7) is 6.61. The molecule has 124 valence electrons. The van der Waals surface area contributed by atoms with Crippen molar-refractivity contribution in [1.29, 1.82) is 0 Å². The number of rotatable bonds is 6. The third kappa shape index (κ3) is 3.57. The highest BCUT2D eigenvalue weighted by Crippen LogP contribution is 2.24. The summed E-state index contributed by atoms with van der Waals surface area (Å²) >= 11 is 0. The second kappa shape index (κ2) is 7.45. The van der Waals surface area contributed by atoms with Crippen molar-refractivity contribution >= 4 is 0 Å². The van der Waals surface area contributed by atoms with Crippen LogP contribution in [0.15, 0.2) is 67.0 Å². The summed E-state index contributed by atoms with van der Waals surface area (Å²) in [6.07, 6.45) is 4.88. The Labute approximate surface area is 144 Å². The van der Waals surface area contributed by atoms with Crippen molar-refractivity contribution < 1.29 is 0 Å². The van der Waals surface area contributed by atoms with E-state index in [4.69, 9.17) is 0 Å². The molecule has 1 aromatic heterocycles. The lowest BCUT2D eigenvalue weighted by atomic mass is 10.0.